The third kappa shape index (κ3) is 6.02. The Morgan fingerprint density at radius 1 is 1.03 bits per heavy atom. The number of carbonyl (C=O) groups is 4. The van der Waals surface area contributed by atoms with E-state index in [4.69, 9.17) is 15.9 Å². The summed E-state index contributed by atoms with van der Waals surface area (Å²) >= 11 is 0. The zero-order valence-corrected chi connectivity index (χ0v) is 16.7. The van der Waals surface area contributed by atoms with Gasteiger partial charge in [-0.05, 0) is 36.6 Å². The van der Waals surface area contributed by atoms with Crippen molar-refractivity contribution in [3.63, 3.8) is 0 Å². The molecule has 0 bridgehead atoms. The van der Waals surface area contributed by atoms with Gasteiger partial charge in [0.25, 0.3) is 0 Å². The van der Waals surface area contributed by atoms with Gasteiger partial charge in [-0.2, -0.15) is 0 Å². The van der Waals surface area contributed by atoms with Gasteiger partial charge < -0.3 is 26.6 Å². The zero-order valence-electron chi connectivity index (χ0n) is 16.7. The van der Waals surface area contributed by atoms with Crippen molar-refractivity contribution in [1.82, 2.24) is 10.6 Å². The quantitative estimate of drug-likeness (QED) is 0.402. The van der Waals surface area contributed by atoms with Crippen molar-refractivity contribution in [3.8, 4) is 0 Å². The lowest BCUT2D eigenvalue weighted by molar-refractivity contribution is -0.148. The van der Waals surface area contributed by atoms with Gasteiger partial charge in [0.15, 0.2) is 0 Å². The molecule has 0 unspecified atom stereocenters. The fourth-order valence-corrected chi connectivity index (χ4v) is 2.88. The van der Waals surface area contributed by atoms with Crippen LogP contribution in [0.3, 0.4) is 0 Å². The number of benzene rings is 2. The molecule has 0 aliphatic rings. The second kappa shape index (κ2) is 9.36. The minimum Gasteiger partial charge on any atom is -0.481 e. The maximum atomic E-state index is 12.5. The molecule has 6 N–H and O–H groups in total. The van der Waals surface area contributed by atoms with Crippen LogP contribution in [0.15, 0.2) is 42.5 Å². The van der Waals surface area contributed by atoms with E-state index in [0.717, 1.165) is 16.3 Å². The molecule has 160 valence electrons. The topological polar surface area (TPSA) is 159 Å². The fraction of sp³-hybridized carbons (Fsp3) is 0.333. The van der Waals surface area contributed by atoms with Crippen LogP contribution >= 0.6 is 0 Å². The van der Waals surface area contributed by atoms with E-state index >= 15 is 0 Å². The van der Waals surface area contributed by atoms with Crippen molar-refractivity contribution >= 4 is 34.5 Å². The third-order valence-corrected chi connectivity index (χ3v) is 4.59. The van der Waals surface area contributed by atoms with E-state index in [0.29, 0.717) is 0 Å². The van der Waals surface area contributed by atoms with Gasteiger partial charge in [-0.15, -0.1) is 0 Å². The van der Waals surface area contributed by atoms with Crippen LogP contribution in [-0.2, 0) is 25.6 Å². The van der Waals surface area contributed by atoms with Crippen LogP contribution in [0.1, 0.15) is 25.8 Å². The minimum atomic E-state index is -1.61. The number of aliphatic carboxylic acids is 2. The summed E-state index contributed by atoms with van der Waals surface area (Å²) in [7, 11) is 0. The van der Waals surface area contributed by atoms with E-state index in [1.165, 1.54) is 13.8 Å². The lowest BCUT2D eigenvalue weighted by Gasteiger charge is -2.28. The first-order chi connectivity index (χ1) is 14.0. The van der Waals surface area contributed by atoms with E-state index in [9.17, 15) is 19.2 Å². The predicted octanol–water partition coefficient (Wildman–Crippen LogP) is 0.649. The molecule has 9 nitrogen and oxygen atoms in total. The van der Waals surface area contributed by atoms with Gasteiger partial charge in [0, 0.05) is 0 Å². The van der Waals surface area contributed by atoms with Crippen LogP contribution in [0.5, 0.6) is 0 Å². The largest absolute Gasteiger partial charge is 0.481 e. The summed E-state index contributed by atoms with van der Waals surface area (Å²) in [4.78, 5) is 46.8. The summed E-state index contributed by atoms with van der Waals surface area (Å²) in [6.45, 7) is 2.76. The van der Waals surface area contributed by atoms with Gasteiger partial charge in [0.05, 0.1) is 12.5 Å². The lowest BCUT2D eigenvalue weighted by atomic mass is 9.99. The van der Waals surface area contributed by atoms with Crippen molar-refractivity contribution < 1.29 is 29.4 Å². The standard InChI is InChI=1S/C21H25N3O6/c1-21(2,20(30)23-16(19(28)29)11-17(25)26)24-18(27)15(22)10-12-7-8-13-5-3-4-6-14(13)9-12/h3-9,15-16H,10-11,22H2,1-2H3,(H,23,30)(H,24,27)(H,25,26)(H,28,29)/t15-,16-/m0/s1. The van der Waals surface area contributed by atoms with Crippen LogP contribution in [0, 0.1) is 0 Å². The first kappa shape index (κ1) is 22.8. The van der Waals surface area contributed by atoms with Gasteiger partial charge in [-0.3, -0.25) is 14.4 Å². The average Bonchev–Trinajstić information content (AvgIpc) is 2.66. The first-order valence-electron chi connectivity index (χ1n) is 9.30. The molecule has 0 radical (unpaired) electrons. The number of carbonyl (C=O) groups excluding carboxylic acids is 2. The highest BCUT2D eigenvalue weighted by atomic mass is 16.4. The molecule has 0 aromatic heterocycles. The molecular formula is C21H25N3O6. The highest BCUT2D eigenvalue weighted by Crippen LogP contribution is 2.16. The predicted molar refractivity (Wildman–Crippen MR) is 110 cm³/mol. The van der Waals surface area contributed by atoms with Gasteiger partial charge in [0.1, 0.15) is 11.6 Å². The molecular weight excluding hydrogens is 390 g/mol. The van der Waals surface area contributed by atoms with Gasteiger partial charge in [-0.25, -0.2) is 4.79 Å². The second-order valence-electron chi connectivity index (χ2n) is 7.57. The highest BCUT2D eigenvalue weighted by Gasteiger charge is 2.34. The van der Waals surface area contributed by atoms with Gasteiger partial charge in [-0.1, -0.05) is 42.5 Å². The van der Waals surface area contributed by atoms with Crippen molar-refractivity contribution in [2.75, 3.05) is 0 Å². The molecule has 2 atom stereocenters. The minimum absolute atomic E-state index is 0.241. The Morgan fingerprint density at radius 2 is 1.67 bits per heavy atom. The summed E-state index contributed by atoms with van der Waals surface area (Å²) < 4.78 is 0. The average molecular weight is 415 g/mol. The number of carboxylic acids is 2. The van der Waals surface area contributed by atoms with Crippen LogP contribution in [0.2, 0.25) is 0 Å². The van der Waals surface area contributed by atoms with Crippen molar-refractivity contribution in [2.24, 2.45) is 5.73 Å². The Morgan fingerprint density at radius 3 is 2.27 bits per heavy atom. The molecule has 0 saturated carbocycles. The van der Waals surface area contributed by atoms with Crippen molar-refractivity contribution in [3.05, 3.63) is 48.0 Å². The summed E-state index contributed by atoms with van der Waals surface area (Å²) in [5.74, 6) is -4.28. The molecule has 0 aliphatic heterocycles. The van der Waals surface area contributed by atoms with Crippen LogP contribution in [0.4, 0.5) is 0 Å². The van der Waals surface area contributed by atoms with Crippen LogP contribution in [0.25, 0.3) is 10.8 Å². The van der Waals surface area contributed by atoms with Crippen LogP contribution in [-0.4, -0.2) is 51.6 Å². The summed E-state index contributed by atoms with van der Waals surface area (Å²) in [6.07, 6.45) is -0.544. The molecule has 2 aromatic carbocycles. The van der Waals surface area contributed by atoms with Gasteiger partial charge >= 0.3 is 11.9 Å². The molecule has 0 spiro atoms. The second-order valence-corrected chi connectivity index (χ2v) is 7.57. The van der Waals surface area contributed by atoms with E-state index in [1.807, 2.05) is 42.5 Å². The molecule has 0 saturated heterocycles. The molecule has 0 fully saturated rings. The Hall–Kier alpha value is -3.46. The third-order valence-electron chi connectivity index (χ3n) is 4.59. The number of nitrogens with two attached hydrogens (primary N) is 1. The van der Waals surface area contributed by atoms with Crippen LogP contribution < -0.4 is 16.4 Å². The maximum absolute atomic E-state index is 12.5. The number of hydrogen-bond acceptors (Lipinski definition) is 5. The van der Waals surface area contributed by atoms with E-state index in [1.54, 1.807) is 0 Å². The van der Waals surface area contributed by atoms with Gasteiger partial charge in [0.2, 0.25) is 11.8 Å². The summed E-state index contributed by atoms with van der Waals surface area (Å²) in [5, 5.41) is 24.5. The molecule has 0 aliphatic carbocycles. The molecule has 0 heterocycles. The molecule has 2 rings (SSSR count). The SMILES string of the molecule is CC(C)(NC(=O)[C@@H](N)Cc1ccc2ccccc2c1)C(=O)N[C@@H](CC(=O)O)C(=O)O. The monoisotopic (exact) mass is 415 g/mol. The highest BCUT2D eigenvalue weighted by molar-refractivity contribution is 5.95. The molecule has 2 amide bonds. The number of carboxylic acid groups (broad SMARTS) is 2. The molecule has 2 aromatic rings. The van der Waals surface area contributed by atoms with E-state index in [-0.39, 0.29) is 6.42 Å². The molecule has 9 heteroatoms. The molecule has 30 heavy (non-hydrogen) atoms. The maximum Gasteiger partial charge on any atom is 0.326 e. The number of fused-ring (bicyclic) bond motifs is 1. The lowest BCUT2D eigenvalue weighted by Crippen LogP contribution is -2.60. The van der Waals surface area contributed by atoms with Crippen molar-refractivity contribution in [1.29, 1.82) is 0 Å². The summed E-state index contributed by atoms with van der Waals surface area (Å²) in [6, 6.07) is 11.0. The van der Waals surface area contributed by atoms with E-state index < -0.39 is 47.8 Å². The number of hydrogen-bond donors (Lipinski definition) is 5. The summed E-state index contributed by atoms with van der Waals surface area (Å²) in [5.41, 5.74) is 5.36. The number of amides is 2. The normalized spacial score (nSPS) is 13.3. The first-order valence-corrected chi connectivity index (χ1v) is 9.30. The number of rotatable bonds is 9. The number of nitrogens with one attached hydrogen (secondary N) is 2. The Bertz CT molecular complexity index is 972. The zero-order chi connectivity index (χ0) is 22.5. The Kier molecular flexibility index (Phi) is 7.12. The fourth-order valence-electron chi connectivity index (χ4n) is 2.88. The van der Waals surface area contributed by atoms with E-state index in [2.05, 4.69) is 10.6 Å². The Labute approximate surface area is 173 Å². The smallest absolute Gasteiger partial charge is 0.326 e. The Balaban J connectivity index is 2.01. The van der Waals surface area contributed by atoms with Crippen molar-refractivity contribution in [2.45, 2.75) is 44.3 Å².